The first kappa shape index (κ1) is 15.9. The van der Waals surface area contributed by atoms with Crippen molar-refractivity contribution in [3.8, 4) is 0 Å². The van der Waals surface area contributed by atoms with Crippen molar-refractivity contribution in [1.82, 2.24) is 14.9 Å². The third kappa shape index (κ3) is 3.60. The number of H-pyrrole nitrogens is 1. The molecule has 1 aromatic rings. The number of hydrogen-bond donors (Lipinski definition) is 3. The standard InChI is InChI=1S/C12H19N3O5S/c1-2-20-12(17)8-7-13-14-11(8)21(18,19)15-9-5-3-4-6-10(9)16/h7,9-10,15-16H,2-6H2,1H3,(H,13,14). The number of carbonyl (C=O) groups excluding carboxylic acids is 1. The zero-order valence-corrected chi connectivity index (χ0v) is 12.5. The highest BCUT2D eigenvalue weighted by atomic mass is 32.2. The number of sulfonamides is 1. The summed E-state index contributed by atoms with van der Waals surface area (Å²) in [6, 6.07) is -0.554. The first-order chi connectivity index (χ1) is 9.95. The SMILES string of the molecule is CCOC(=O)c1cn[nH]c1S(=O)(=O)NC1CCCCC1O. The Morgan fingerprint density at radius 1 is 1.52 bits per heavy atom. The van der Waals surface area contributed by atoms with Crippen LogP contribution in [0.2, 0.25) is 0 Å². The first-order valence-electron chi connectivity index (χ1n) is 6.86. The maximum atomic E-state index is 12.3. The molecule has 0 aromatic carbocycles. The summed E-state index contributed by atoms with van der Waals surface area (Å²) < 4.78 is 31.9. The molecule has 1 aromatic heterocycles. The van der Waals surface area contributed by atoms with Crippen molar-refractivity contribution in [3.05, 3.63) is 11.8 Å². The third-order valence-electron chi connectivity index (χ3n) is 3.40. The van der Waals surface area contributed by atoms with E-state index in [1.54, 1.807) is 6.92 Å². The van der Waals surface area contributed by atoms with Gasteiger partial charge in [-0.15, -0.1) is 0 Å². The summed E-state index contributed by atoms with van der Waals surface area (Å²) in [5, 5.41) is 15.4. The van der Waals surface area contributed by atoms with Gasteiger partial charge in [0.15, 0.2) is 5.03 Å². The van der Waals surface area contributed by atoms with E-state index in [9.17, 15) is 18.3 Å². The second kappa shape index (κ2) is 6.54. The zero-order valence-electron chi connectivity index (χ0n) is 11.7. The summed E-state index contributed by atoms with van der Waals surface area (Å²) in [4.78, 5) is 11.7. The number of ether oxygens (including phenoxy) is 1. The number of rotatable bonds is 5. The Balaban J connectivity index is 2.20. The minimum Gasteiger partial charge on any atom is -0.462 e. The van der Waals surface area contributed by atoms with Crippen molar-refractivity contribution in [2.24, 2.45) is 0 Å². The van der Waals surface area contributed by atoms with Gasteiger partial charge in [0.05, 0.1) is 18.9 Å². The lowest BCUT2D eigenvalue weighted by Gasteiger charge is -2.27. The van der Waals surface area contributed by atoms with Gasteiger partial charge in [-0.05, 0) is 19.8 Å². The van der Waals surface area contributed by atoms with E-state index in [4.69, 9.17) is 4.74 Å². The topological polar surface area (TPSA) is 121 Å². The fourth-order valence-corrected chi connectivity index (χ4v) is 3.73. The van der Waals surface area contributed by atoms with E-state index in [2.05, 4.69) is 14.9 Å². The van der Waals surface area contributed by atoms with Gasteiger partial charge in [0.2, 0.25) is 0 Å². The summed E-state index contributed by atoms with van der Waals surface area (Å²) in [6.07, 6.45) is 3.23. The molecule has 2 atom stereocenters. The summed E-state index contributed by atoms with van der Waals surface area (Å²) in [6.45, 7) is 1.76. The van der Waals surface area contributed by atoms with Crippen LogP contribution in [0.5, 0.6) is 0 Å². The van der Waals surface area contributed by atoms with Crippen molar-refractivity contribution in [2.45, 2.75) is 49.8 Å². The Bertz CT molecular complexity index is 598. The van der Waals surface area contributed by atoms with Crippen LogP contribution < -0.4 is 4.72 Å². The number of hydrogen-bond acceptors (Lipinski definition) is 6. The van der Waals surface area contributed by atoms with E-state index < -0.39 is 28.1 Å². The molecule has 3 N–H and O–H groups in total. The van der Waals surface area contributed by atoms with Crippen LogP contribution in [0.3, 0.4) is 0 Å². The molecule has 9 heteroatoms. The average molecular weight is 317 g/mol. The number of aromatic amines is 1. The number of aliphatic hydroxyl groups is 1. The van der Waals surface area contributed by atoms with Crippen molar-refractivity contribution in [1.29, 1.82) is 0 Å². The van der Waals surface area contributed by atoms with Crippen LogP contribution in [0.25, 0.3) is 0 Å². The van der Waals surface area contributed by atoms with Crippen LogP contribution >= 0.6 is 0 Å². The highest BCUT2D eigenvalue weighted by Crippen LogP contribution is 2.21. The Hall–Kier alpha value is -1.45. The molecule has 2 unspecified atom stereocenters. The van der Waals surface area contributed by atoms with Crippen LogP contribution in [0.4, 0.5) is 0 Å². The molecule has 0 amide bonds. The number of esters is 1. The molecule has 1 fully saturated rings. The summed E-state index contributed by atoms with van der Waals surface area (Å²) in [7, 11) is -3.97. The van der Waals surface area contributed by atoms with Gasteiger partial charge in [-0.25, -0.2) is 17.9 Å². The molecule has 0 aliphatic heterocycles. The Morgan fingerprint density at radius 3 is 2.90 bits per heavy atom. The molecular formula is C12H19N3O5S. The predicted molar refractivity (Wildman–Crippen MR) is 73.1 cm³/mol. The lowest BCUT2D eigenvalue weighted by Crippen LogP contribution is -2.45. The van der Waals surface area contributed by atoms with Gasteiger partial charge in [0, 0.05) is 6.04 Å². The average Bonchev–Trinajstić information content (AvgIpc) is 2.92. The number of aliphatic hydroxyl groups excluding tert-OH is 1. The van der Waals surface area contributed by atoms with E-state index >= 15 is 0 Å². The normalized spacial score (nSPS) is 23.0. The molecule has 118 valence electrons. The maximum Gasteiger partial charge on any atom is 0.342 e. The Morgan fingerprint density at radius 2 is 2.24 bits per heavy atom. The second-order valence-electron chi connectivity index (χ2n) is 4.91. The van der Waals surface area contributed by atoms with Crippen molar-refractivity contribution >= 4 is 16.0 Å². The van der Waals surface area contributed by atoms with Crippen molar-refractivity contribution < 1.29 is 23.1 Å². The fourth-order valence-electron chi connectivity index (χ4n) is 2.34. The zero-order chi connectivity index (χ0) is 15.5. The molecule has 8 nitrogen and oxygen atoms in total. The third-order valence-corrected chi connectivity index (χ3v) is 4.87. The second-order valence-corrected chi connectivity index (χ2v) is 6.56. The van der Waals surface area contributed by atoms with Gasteiger partial charge < -0.3 is 9.84 Å². The molecule has 0 radical (unpaired) electrons. The first-order valence-corrected chi connectivity index (χ1v) is 8.35. The van der Waals surface area contributed by atoms with Gasteiger partial charge in [-0.1, -0.05) is 12.8 Å². The lowest BCUT2D eigenvalue weighted by atomic mass is 9.93. The molecule has 0 saturated heterocycles. The quantitative estimate of drug-likeness (QED) is 0.666. The van der Waals surface area contributed by atoms with Gasteiger partial charge in [0.1, 0.15) is 5.56 Å². The largest absolute Gasteiger partial charge is 0.462 e. The molecule has 21 heavy (non-hydrogen) atoms. The van der Waals surface area contributed by atoms with Gasteiger partial charge in [-0.2, -0.15) is 5.10 Å². The van der Waals surface area contributed by atoms with Crippen LogP contribution in [0.1, 0.15) is 43.0 Å². The number of carbonyl (C=O) groups is 1. The number of aromatic nitrogens is 2. The molecule has 1 saturated carbocycles. The van der Waals surface area contributed by atoms with Crippen LogP contribution in [0, 0.1) is 0 Å². The van der Waals surface area contributed by atoms with E-state index in [0.29, 0.717) is 12.8 Å². The van der Waals surface area contributed by atoms with E-state index in [-0.39, 0.29) is 17.2 Å². The van der Waals surface area contributed by atoms with Gasteiger partial charge in [0.25, 0.3) is 10.0 Å². The molecule has 1 aliphatic rings. The summed E-state index contributed by atoms with van der Waals surface area (Å²) >= 11 is 0. The Kier molecular flexibility index (Phi) is 4.96. The highest BCUT2D eigenvalue weighted by molar-refractivity contribution is 7.89. The predicted octanol–water partition coefficient (Wildman–Crippen LogP) is 0.168. The molecule has 1 heterocycles. The van der Waals surface area contributed by atoms with Crippen molar-refractivity contribution in [2.75, 3.05) is 6.61 Å². The molecule has 0 bridgehead atoms. The van der Waals surface area contributed by atoms with Crippen LogP contribution in [-0.4, -0.2) is 48.4 Å². The van der Waals surface area contributed by atoms with Crippen molar-refractivity contribution in [3.63, 3.8) is 0 Å². The van der Waals surface area contributed by atoms with Crippen LogP contribution in [0.15, 0.2) is 11.2 Å². The van der Waals surface area contributed by atoms with E-state index in [1.807, 2.05) is 0 Å². The summed E-state index contributed by atoms with van der Waals surface area (Å²) in [5.74, 6) is -0.754. The number of nitrogens with one attached hydrogen (secondary N) is 2. The number of nitrogens with zero attached hydrogens (tertiary/aromatic N) is 1. The van der Waals surface area contributed by atoms with E-state index in [0.717, 1.165) is 19.0 Å². The molecule has 2 rings (SSSR count). The monoisotopic (exact) mass is 317 g/mol. The summed E-state index contributed by atoms with van der Waals surface area (Å²) in [5.41, 5.74) is -0.144. The Labute approximate surface area is 122 Å². The minimum absolute atomic E-state index is 0.137. The smallest absolute Gasteiger partial charge is 0.342 e. The highest BCUT2D eigenvalue weighted by Gasteiger charge is 2.32. The minimum atomic E-state index is -3.97. The maximum absolute atomic E-state index is 12.3. The van der Waals surface area contributed by atoms with E-state index in [1.165, 1.54) is 0 Å². The van der Waals surface area contributed by atoms with Crippen LogP contribution in [-0.2, 0) is 14.8 Å². The lowest BCUT2D eigenvalue weighted by molar-refractivity contribution is 0.0521. The van der Waals surface area contributed by atoms with Gasteiger partial charge in [-0.3, -0.25) is 5.10 Å². The molecule has 1 aliphatic carbocycles. The fraction of sp³-hybridized carbons (Fsp3) is 0.667. The van der Waals surface area contributed by atoms with Gasteiger partial charge >= 0.3 is 5.97 Å². The molecule has 0 spiro atoms. The molecular weight excluding hydrogens is 298 g/mol.